The standard InChI is InChI=1S/C22H25NO2/c1-25-21-9-7-18(8-10-21)20-11-12-23(15-20)22(24)14-16-5-6-17-3-2-4-19(17)13-16/h5-10,13,20H,2-4,11-12,14-15H2,1H3. The molecule has 2 aliphatic rings. The lowest BCUT2D eigenvalue weighted by atomic mass is 9.98. The molecule has 0 N–H and O–H groups in total. The van der Waals surface area contributed by atoms with Gasteiger partial charge in [-0.1, -0.05) is 30.3 Å². The Morgan fingerprint density at radius 2 is 1.92 bits per heavy atom. The predicted octanol–water partition coefficient (Wildman–Crippen LogP) is 3.74. The highest BCUT2D eigenvalue weighted by Gasteiger charge is 2.27. The molecule has 1 aliphatic heterocycles. The van der Waals surface area contributed by atoms with E-state index in [0.29, 0.717) is 12.3 Å². The molecule has 2 aromatic carbocycles. The van der Waals surface area contributed by atoms with Crippen molar-refractivity contribution >= 4 is 5.91 Å². The van der Waals surface area contributed by atoms with Crippen LogP contribution in [0.5, 0.6) is 5.75 Å². The Morgan fingerprint density at radius 3 is 2.72 bits per heavy atom. The highest BCUT2D eigenvalue weighted by atomic mass is 16.5. The van der Waals surface area contributed by atoms with Crippen molar-refractivity contribution in [2.75, 3.05) is 20.2 Å². The first-order chi connectivity index (χ1) is 12.2. The zero-order valence-corrected chi connectivity index (χ0v) is 14.8. The van der Waals surface area contributed by atoms with Crippen molar-refractivity contribution in [2.45, 2.75) is 38.0 Å². The highest BCUT2D eigenvalue weighted by Crippen LogP contribution is 2.29. The first-order valence-electron chi connectivity index (χ1n) is 9.25. The molecule has 25 heavy (non-hydrogen) atoms. The van der Waals surface area contributed by atoms with Crippen molar-refractivity contribution in [1.29, 1.82) is 0 Å². The van der Waals surface area contributed by atoms with E-state index in [1.54, 1.807) is 7.11 Å². The van der Waals surface area contributed by atoms with Crippen LogP contribution in [-0.2, 0) is 24.1 Å². The van der Waals surface area contributed by atoms with Gasteiger partial charge in [-0.15, -0.1) is 0 Å². The Hall–Kier alpha value is -2.29. The number of likely N-dealkylation sites (tertiary alicyclic amines) is 1. The van der Waals surface area contributed by atoms with Crippen molar-refractivity contribution in [1.82, 2.24) is 4.90 Å². The molecule has 0 aromatic heterocycles. The van der Waals surface area contributed by atoms with E-state index in [4.69, 9.17) is 4.74 Å². The summed E-state index contributed by atoms with van der Waals surface area (Å²) in [5, 5.41) is 0. The molecule has 0 radical (unpaired) electrons. The van der Waals surface area contributed by atoms with E-state index < -0.39 is 0 Å². The van der Waals surface area contributed by atoms with E-state index in [1.807, 2.05) is 17.0 Å². The number of ether oxygens (including phenoxy) is 1. The van der Waals surface area contributed by atoms with Crippen LogP contribution in [-0.4, -0.2) is 31.0 Å². The van der Waals surface area contributed by atoms with Gasteiger partial charge in [0, 0.05) is 19.0 Å². The molecular formula is C22H25NO2. The van der Waals surface area contributed by atoms with Gasteiger partial charge in [-0.25, -0.2) is 0 Å². The maximum absolute atomic E-state index is 12.7. The number of aryl methyl sites for hydroxylation is 2. The predicted molar refractivity (Wildman–Crippen MR) is 99.1 cm³/mol. The van der Waals surface area contributed by atoms with Crippen molar-refractivity contribution in [3.05, 3.63) is 64.7 Å². The summed E-state index contributed by atoms with van der Waals surface area (Å²) in [5.74, 6) is 1.58. The molecule has 1 amide bonds. The van der Waals surface area contributed by atoms with Crippen molar-refractivity contribution in [2.24, 2.45) is 0 Å². The van der Waals surface area contributed by atoms with Gasteiger partial charge in [0.15, 0.2) is 0 Å². The first kappa shape index (κ1) is 16.2. The van der Waals surface area contributed by atoms with Crippen molar-refractivity contribution < 1.29 is 9.53 Å². The second-order valence-corrected chi connectivity index (χ2v) is 7.23. The molecule has 0 spiro atoms. The summed E-state index contributed by atoms with van der Waals surface area (Å²) in [6.07, 6.45) is 5.19. The molecule has 1 heterocycles. The molecule has 1 fully saturated rings. The van der Waals surface area contributed by atoms with Gasteiger partial charge in [0.2, 0.25) is 5.91 Å². The summed E-state index contributed by atoms with van der Waals surface area (Å²) < 4.78 is 5.22. The number of rotatable bonds is 4. The van der Waals surface area contributed by atoms with Gasteiger partial charge >= 0.3 is 0 Å². The molecule has 3 heteroatoms. The largest absolute Gasteiger partial charge is 0.497 e. The van der Waals surface area contributed by atoms with Gasteiger partial charge in [-0.2, -0.15) is 0 Å². The second kappa shape index (κ2) is 6.91. The number of hydrogen-bond acceptors (Lipinski definition) is 2. The van der Waals surface area contributed by atoms with Crippen LogP contribution in [0.15, 0.2) is 42.5 Å². The van der Waals surface area contributed by atoms with Crippen LogP contribution >= 0.6 is 0 Å². The SMILES string of the molecule is COc1ccc(C2CCN(C(=O)Cc3ccc4c(c3)CCC4)C2)cc1. The van der Waals surface area contributed by atoms with E-state index in [9.17, 15) is 4.79 Å². The van der Waals surface area contributed by atoms with Gasteiger partial charge in [-0.05, 0) is 60.1 Å². The summed E-state index contributed by atoms with van der Waals surface area (Å²) in [4.78, 5) is 14.7. The minimum Gasteiger partial charge on any atom is -0.497 e. The van der Waals surface area contributed by atoms with Crippen LogP contribution in [0.4, 0.5) is 0 Å². The quantitative estimate of drug-likeness (QED) is 0.852. The fourth-order valence-electron chi connectivity index (χ4n) is 4.16. The maximum atomic E-state index is 12.7. The zero-order chi connectivity index (χ0) is 17.2. The maximum Gasteiger partial charge on any atom is 0.227 e. The molecule has 130 valence electrons. The molecule has 1 saturated heterocycles. The van der Waals surface area contributed by atoms with Crippen molar-refractivity contribution in [3.8, 4) is 5.75 Å². The normalized spacial score (nSPS) is 19.1. The van der Waals surface area contributed by atoms with Crippen molar-refractivity contribution in [3.63, 3.8) is 0 Å². The lowest BCUT2D eigenvalue weighted by molar-refractivity contribution is -0.129. The van der Waals surface area contributed by atoms with Gasteiger partial charge in [0.1, 0.15) is 5.75 Å². The van der Waals surface area contributed by atoms with E-state index in [1.165, 1.54) is 41.5 Å². The van der Waals surface area contributed by atoms with E-state index >= 15 is 0 Å². The van der Waals surface area contributed by atoms with E-state index in [2.05, 4.69) is 30.3 Å². The third-order valence-corrected chi connectivity index (χ3v) is 5.65. The number of nitrogens with zero attached hydrogens (tertiary/aromatic N) is 1. The molecular weight excluding hydrogens is 310 g/mol. The third kappa shape index (κ3) is 3.41. The average Bonchev–Trinajstić information content (AvgIpc) is 3.31. The Balaban J connectivity index is 1.38. The topological polar surface area (TPSA) is 29.5 Å². The second-order valence-electron chi connectivity index (χ2n) is 7.23. The smallest absolute Gasteiger partial charge is 0.227 e. The van der Waals surface area contributed by atoms with Crippen LogP contribution in [0.25, 0.3) is 0 Å². The van der Waals surface area contributed by atoms with E-state index in [0.717, 1.165) is 25.3 Å². The summed E-state index contributed by atoms with van der Waals surface area (Å²) in [6.45, 7) is 1.69. The number of hydrogen-bond donors (Lipinski definition) is 0. The molecule has 1 unspecified atom stereocenters. The molecule has 4 rings (SSSR count). The molecule has 1 aliphatic carbocycles. The van der Waals surface area contributed by atoms with Gasteiger partial charge < -0.3 is 9.64 Å². The fourth-order valence-corrected chi connectivity index (χ4v) is 4.16. The zero-order valence-electron chi connectivity index (χ0n) is 14.8. The highest BCUT2D eigenvalue weighted by molar-refractivity contribution is 5.79. The van der Waals surface area contributed by atoms with E-state index in [-0.39, 0.29) is 5.91 Å². The number of carbonyl (C=O) groups excluding carboxylic acids is 1. The Labute approximate surface area is 149 Å². The first-order valence-corrected chi connectivity index (χ1v) is 9.25. The number of amides is 1. The minimum absolute atomic E-state index is 0.258. The number of methoxy groups -OCH3 is 1. The van der Waals surface area contributed by atoms with Crippen LogP contribution in [0.2, 0.25) is 0 Å². The Bertz CT molecular complexity index is 766. The summed E-state index contributed by atoms with van der Waals surface area (Å²) in [5.41, 5.74) is 5.38. The molecule has 2 aromatic rings. The fraction of sp³-hybridized carbons (Fsp3) is 0.409. The number of fused-ring (bicyclic) bond motifs is 1. The van der Waals surface area contributed by atoms with Gasteiger partial charge in [0.05, 0.1) is 13.5 Å². The van der Waals surface area contributed by atoms with Crippen LogP contribution < -0.4 is 4.74 Å². The molecule has 3 nitrogen and oxygen atoms in total. The molecule has 1 atom stereocenters. The number of carbonyl (C=O) groups is 1. The molecule has 0 bridgehead atoms. The minimum atomic E-state index is 0.258. The molecule has 0 saturated carbocycles. The lowest BCUT2D eigenvalue weighted by Gasteiger charge is -2.17. The Kier molecular flexibility index (Phi) is 4.48. The summed E-state index contributed by atoms with van der Waals surface area (Å²) in [7, 11) is 1.68. The van der Waals surface area contributed by atoms with Crippen LogP contribution in [0.1, 0.15) is 41.0 Å². The average molecular weight is 335 g/mol. The Morgan fingerprint density at radius 1 is 1.12 bits per heavy atom. The number of benzene rings is 2. The van der Waals surface area contributed by atoms with Gasteiger partial charge in [0.25, 0.3) is 0 Å². The lowest BCUT2D eigenvalue weighted by Crippen LogP contribution is -2.29. The van der Waals surface area contributed by atoms with Crippen LogP contribution in [0.3, 0.4) is 0 Å². The van der Waals surface area contributed by atoms with Crippen LogP contribution in [0, 0.1) is 0 Å². The summed E-state index contributed by atoms with van der Waals surface area (Å²) >= 11 is 0. The monoisotopic (exact) mass is 335 g/mol. The van der Waals surface area contributed by atoms with Gasteiger partial charge in [-0.3, -0.25) is 4.79 Å². The summed E-state index contributed by atoms with van der Waals surface area (Å²) in [6, 6.07) is 14.9. The third-order valence-electron chi connectivity index (χ3n) is 5.65.